The van der Waals surface area contributed by atoms with E-state index < -0.39 is 11.2 Å². The third-order valence-electron chi connectivity index (χ3n) is 4.91. The molecular formula is C23H23N3O4. The number of hydrogen-bond acceptors (Lipinski definition) is 5. The summed E-state index contributed by atoms with van der Waals surface area (Å²) in [6.45, 7) is 2.64. The van der Waals surface area contributed by atoms with Gasteiger partial charge in [0, 0.05) is 19.8 Å². The van der Waals surface area contributed by atoms with E-state index in [0.717, 1.165) is 22.2 Å². The van der Waals surface area contributed by atoms with Gasteiger partial charge < -0.3 is 14.5 Å². The number of aryl methyl sites for hydroxylation is 1. The maximum absolute atomic E-state index is 13.0. The van der Waals surface area contributed by atoms with Gasteiger partial charge in [-0.05, 0) is 36.2 Å². The molecule has 0 aliphatic rings. The number of rotatable bonds is 6. The standard InChI is InChI=1S/C23H23N3O4/c1-4-13-29-17-12-8-9-15(14-17)18-19-21(27)25(2)23(28)26(3)22(19)30-20(18)24-16-10-6-5-7-11-16/h5-12,14,24H,4,13H2,1-3H3. The fourth-order valence-electron chi connectivity index (χ4n) is 3.40. The van der Waals surface area contributed by atoms with E-state index in [1.165, 1.54) is 11.6 Å². The molecule has 0 saturated carbocycles. The van der Waals surface area contributed by atoms with Crippen molar-refractivity contribution in [2.75, 3.05) is 11.9 Å². The smallest absolute Gasteiger partial charge is 0.333 e. The highest BCUT2D eigenvalue weighted by Crippen LogP contribution is 2.39. The monoisotopic (exact) mass is 405 g/mol. The van der Waals surface area contributed by atoms with Gasteiger partial charge in [-0.2, -0.15) is 0 Å². The molecule has 0 unspecified atom stereocenters. The van der Waals surface area contributed by atoms with Crippen molar-refractivity contribution in [3.8, 4) is 16.9 Å². The van der Waals surface area contributed by atoms with E-state index >= 15 is 0 Å². The van der Waals surface area contributed by atoms with Crippen molar-refractivity contribution >= 4 is 22.7 Å². The molecule has 2 aromatic heterocycles. The highest BCUT2D eigenvalue weighted by Gasteiger charge is 2.23. The summed E-state index contributed by atoms with van der Waals surface area (Å²) in [4.78, 5) is 25.5. The summed E-state index contributed by atoms with van der Waals surface area (Å²) in [6.07, 6.45) is 0.891. The molecule has 4 rings (SSSR count). The zero-order valence-electron chi connectivity index (χ0n) is 17.1. The van der Waals surface area contributed by atoms with Crippen LogP contribution in [-0.4, -0.2) is 15.7 Å². The van der Waals surface area contributed by atoms with E-state index in [-0.39, 0.29) is 5.71 Å². The summed E-state index contributed by atoms with van der Waals surface area (Å²) in [6, 6.07) is 17.0. The molecule has 4 aromatic rings. The minimum atomic E-state index is -0.445. The number of ether oxygens (including phenoxy) is 1. The van der Waals surface area contributed by atoms with Crippen molar-refractivity contribution in [3.05, 3.63) is 75.4 Å². The van der Waals surface area contributed by atoms with Crippen LogP contribution in [0.25, 0.3) is 22.2 Å². The number of nitrogens with zero attached hydrogens (tertiary/aromatic N) is 2. The highest BCUT2D eigenvalue weighted by atomic mass is 16.5. The number of nitrogens with one attached hydrogen (secondary N) is 1. The highest BCUT2D eigenvalue weighted by molar-refractivity contribution is 5.99. The van der Waals surface area contributed by atoms with E-state index in [0.29, 0.717) is 29.2 Å². The van der Waals surface area contributed by atoms with Gasteiger partial charge in [-0.1, -0.05) is 37.3 Å². The van der Waals surface area contributed by atoms with Crippen LogP contribution < -0.4 is 21.3 Å². The van der Waals surface area contributed by atoms with Gasteiger partial charge in [0.05, 0.1) is 12.2 Å². The first-order valence-electron chi connectivity index (χ1n) is 9.79. The minimum Gasteiger partial charge on any atom is -0.494 e. The maximum Gasteiger partial charge on any atom is 0.333 e. The summed E-state index contributed by atoms with van der Waals surface area (Å²) < 4.78 is 14.2. The number of aromatic nitrogens is 2. The van der Waals surface area contributed by atoms with Crippen LogP contribution in [0, 0.1) is 0 Å². The van der Waals surface area contributed by atoms with Crippen LogP contribution in [0.2, 0.25) is 0 Å². The number of hydrogen-bond donors (Lipinski definition) is 1. The number of fused-ring (bicyclic) bond motifs is 1. The molecule has 7 heteroatoms. The largest absolute Gasteiger partial charge is 0.494 e. The third-order valence-corrected chi connectivity index (χ3v) is 4.91. The lowest BCUT2D eigenvalue weighted by molar-refractivity contribution is 0.317. The fraction of sp³-hybridized carbons (Fsp3) is 0.217. The Bertz CT molecular complexity index is 1320. The quantitative estimate of drug-likeness (QED) is 0.524. The Kier molecular flexibility index (Phi) is 5.18. The molecule has 2 heterocycles. The molecule has 7 nitrogen and oxygen atoms in total. The average molecular weight is 405 g/mol. The Morgan fingerprint density at radius 1 is 1.00 bits per heavy atom. The topological polar surface area (TPSA) is 78.4 Å². The predicted molar refractivity (Wildman–Crippen MR) is 118 cm³/mol. The van der Waals surface area contributed by atoms with Gasteiger partial charge >= 0.3 is 5.69 Å². The molecule has 0 amide bonds. The second kappa shape index (κ2) is 7.94. The molecule has 0 radical (unpaired) electrons. The maximum atomic E-state index is 13.0. The first-order valence-corrected chi connectivity index (χ1v) is 9.79. The number of anilines is 2. The zero-order valence-corrected chi connectivity index (χ0v) is 17.1. The molecule has 0 spiro atoms. The summed E-state index contributed by atoms with van der Waals surface area (Å²) >= 11 is 0. The molecule has 0 bridgehead atoms. The van der Waals surface area contributed by atoms with Gasteiger partial charge in [0.15, 0.2) is 0 Å². The van der Waals surface area contributed by atoms with Crippen molar-refractivity contribution in [2.24, 2.45) is 14.1 Å². The van der Waals surface area contributed by atoms with Crippen LogP contribution in [-0.2, 0) is 14.1 Å². The zero-order chi connectivity index (χ0) is 21.3. The van der Waals surface area contributed by atoms with Crippen molar-refractivity contribution in [3.63, 3.8) is 0 Å². The lowest BCUT2D eigenvalue weighted by atomic mass is 10.0. The Morgan fingerprint density at radius 2 is 1.77 bits per heavy atom. The van der Waals surface area contributed by atoms with Gasteiger partial charge in [0.1, 0.15) is 11.1 Å². The fourth-order valence-corrected chi connectivity index (χ4v) is 3.40. The van der Waals surface area contributed by atoms with Crippen molar-refractivity contribution in [1.82, 2.24) is 9.13 Å². The average Bonchev–Trinajstić information content (AvgIpc) is 3.15. The first kappa shape index (κ1) is 19.6. The predicted octanol–water partition coefficient (Wildman–Crippen LogP) is 4.03. The van der Waals surface area contributed by atoms with Crippen LogP contribution in [0.4, 0.5) is 11.6 Å². The van der Waals surface area contributed by atoms with Gasteiger partial charge in [0.25, 0.3) is 5.56 Å². The van der Waals surface area contributed by atoms with Gasteiger partial charge in [-0.15, -0.1) is 0 Å². The van der Waals surface area contributed by atoms with Crippen molar-refractivity contribution in [1.29, 1.82) is 0 Å². The van der Waals surface area contributed by atoms with Crippen LogP contribution in [0.1, 0.15) is 13.3 Å². The van der Waals surface area contributed by atoms with Crippen LogP contribution in [0.3, 0.4) is 0 Å². The van der Waals surface area contributed by atoms with E-state index in [2.05, 4.69) is 5.32 Å². The van der Waals surface area contributed by atoms with Crippen LogP contribution in [0.5, 0.6) is 5.75 Å². The van der Waals surface area contributed by atoms with Crippen LogP contribution >= 0.6 is 0 Å². The Balaban J connectivity index is 1.99. The van der Waals surface area contributed by atoms with Gasteiger partial charge in [-0.25, -0.2) is 4.79 Å². The molecule has 0 atom stereocenters. The molecule has 0 saturated heterocycles. The summed E-state index contributed by atoms with van der Waals surface area (Å²) in [5.74, 6) is 1.10. The second-order valence-corrected chi connectivity index (χ2v) is 7.06. The first-order chi connectivity index (χ1) is 14.5. The molecular weight excluding hydrogens is 382 g/mol. The van der Waals surface area contributed by atoms with Crippen LogP contribution in [0.15, 0.2) is 68.6 Å². The van der Waals surface area contributed by atoms with E-state index in [1.54, 1.807) is 7.05 Å². The summed E-state index contributed by atoms with van der Waals surface area (Å²) in [5, 5.41) is 3.58. The van der Waals surface area contributed by atoms with E-state index in [9.17, 15) is 9.59 Å². The lowest BCUT2D eigenvalue weighted by Gasteiger charge is -2.09. The molecule has 0 fully saturated rings. The van der Waals surface area contributed by atoms with Crippen molar-refractivity contribution < 1.29 is 9.15 Å². The molecule has 0 aliphatic heterocycles. The summed E-state index contributed by atoms with van der Waals surface area (Å²) in [7, 11) is 3.05. The van der Waals surface area contributed by atoms with Gasteiger partial charge in [0.2, 0.25) is 11.6 Å². The lowest BCUT2D eigenvalue weighted by Crippen LogP contribution is -2.36. The molecule has 2 aromatic carbocycles. The summed E-state index contributed by atoms with van der Waals surface area (Å²) in [5.41, 5.74) is 1.52. The molecule has 154 valence electrons. The molecule has 30 heavy (non-hydrogen) atoms. The second-order valence-electron chi connectivity index (χ2n) is 7.06. The number of furan rings is 1. The normalized spacial score (nSPS) is 11.0. The minimum absolute atomic E-state index is 0.219. The SMILES string of the molecule is CCCOc1cccc(-c2c(Nc3ccccc3)oc3c2c(=O)n(C)c(=O)n3C)c1. The Morgan fingerprint density at radius 3 is 2.50 bits per heavy atom. The van der Waals surface area contributed by atoms with Gasteiger partial charge in [-0.3, -0.25) is 13.9 Å². The number of para-hydroxylation sites is 1. The van der Waals surface area contributed by atoms with E-state index in [4.69, 9.17) is 9.15 Å². The third kappa shape index (κ3) is 3.39. The Labute approximate surface area is 173 Å². The molecule has 0 aliphatic carbocycles. The van der Waals surface area contributed by atoms with Crippen molar-refractivity contribution in [2.45, 2.75) is 13.3 Å². The Hall–Kier alpha value is -3.74. The van der Waals surface area contributed by atoms with E-state index in [1.807, 2.05) is 61.5 Å². The molecule has 1 N–H and O–H groups in total. The number of benzene rings is 2.